The van der Waals surface area contributed by atoms with Crippen molar-refractivity contribution in [1.82, 2.24) is 10.6 Å². The zero-order chi connectivity index (χ0) is 11.4. The van der Waals surface area contributed by atoms with E-state index in [1.807, 2.05) is 0 Å². The Morgan fingerprint density at radius 1 is 1.56 bits per heavy atom. The van der Waals surface area contributed by atoms with E-state index in [0.717, 1.165) is 19.4 Å². The first-order valence-electron chi connectivity index (χ1n) is 5.36. The summed E-state index contributed by atoms with van der Waals surface area (Å²) < 4.78 is 4.62. The van der Waals surface area contributed by atoms with Gasteiger partial charge in [0.1, 0.15) is 6.26 Å². The molecule has 2 heterocycles. The number of amides is 1. The molecule has 2 rings (SSSR count). The molecular formula is C11H14N2O3. The summed E-state index contributed by atoms with van der Waals surface area (Å²) in [4.78, 5) is 22.3. The van der Waals surface area contributed by atoms with E-state index in [0.29, 0.717) is 18.2 Å². The maximum atomic E-state index is 11.6. The highest BCUT2D eigenvalue weighted by atomic mass is 16.4. The van der Waals surface area contributed by atoms with Gasteiger partial charge in [-0.05, 0) is 25.5 Å². The first kappa shape index (κ1) is 10.9. The molecule has 16 heavy (non-hydrogen) atoms. The van der Waals surface area contributed by atoms with Gasteiger partial charge >= 0.3 is 5.63 Å². The Kier molecular flexibility index (Phi) is 3.36. The average molecular weight is 222 g/mol. The first-order valence-corrected chi connectivity index (χ1v) is 5.36. The quantitative estimate of drug-likeness (QED) is 0.762. The molecule has 2 N–H and O–H groups in total. The van der Waals surface area contributed by atoms with E-state index < -0.39 is 5.63 Å². The van der Waals surface area contributed by atoms with Gasteiger partial charge in [-0.3, -0.25) is 4.79 Å². The van der Waals surface area contributed by atoms with Crippen molar-refractivity contribution in [2.24, 2.45) is 0 Å². The van der Waals surface area contributed by atoms with Crippen molar-refractivity contribution in [1.29, 1.82) is 0 Å². The van der Waals surface area contributed by atoms with E-state index in [2.05, 4.69) is 15.1 Å². The predicted octanol–water partition coefficient (Wildman–Crippen LogP) is 0.122. The summed E-state index contributed by atoms with van der Waals surface area (Å²) in [5.74, 6) is -0.211. The fourth-order valence-corrected chi connectivity index (χ4v) is 1.74. The summed E-state index contributed by atoms with van der Waals surface area (Å²) in [5, 5.41) is 6.08. The van der Waals surface area contributed by atoms with Crippen LogP contribution in [0.15, 0.2) is 27.6 Å². The Labute approximate surface area is 92.8 Å². The molecule has 1 unspecified atom stereocenters. The molecule has 1 aliphatic rings. The number of hydrogen-bond acceptors (Lipinski definition) is 4. The second-order valence-corrected chi connectivity index (χ2v) is 3.85. The van der Waals surface area contributed by atoms with Crippen molar-refractivity contribution in [3.8, 4) is 0 Å². The first-order chi connectivity index (χ1) is 7.75. The minimum Gasteiger partial charge on any atom is -0.430 e. The molecule has 0 radical (unpaired) electrons. The van der Waals surface area contributed by atoms with Gasteiger partial charge in [-0.1, -0.05) is 0 Å². The number of nitrogens with one attached hydrogen (secondary N) is 2. The van der Waals surface area contributed by atoms with Crippen molar-refractivity contribution >= 4 is 5.91 Å². The van der Waals surface area contributed by atoms with Gasteiger partial charge in [-0.15, -0.1) is 0 Å². The van der Waals surface area contributed by atoms with Gasteiger partial charge in [0.15, 0.2) is 0 Å². The maximum Gasteiger partial charge on any atom is 0.335 e. The summed E-state index contributed by atoms with van der Waals surface area (Å²) in [7, 11) is 0. The zero-order valence-corrected chi connectivity index (χ0v) is 8.86. The van der Waals surface area contributed by atoms with Crippen LogP contribution in [0, 0.1) is 0 Å². The molecule has 0 aliphatic carbocycles. The van der Waals surface area contributed by atoms with Crippen LogP contribution < -0.4 is 16.3 Å². The molecular weight excluding hydrogens is 208 g/mol. The minimum absolute atomic E-state index is 0.211. The van der Waals surface area contributed by atoms with Gasteiger partial charge in [0.2, 0.25) is 0 Å². The third-order valence-corrected chi connectivity index (χ3v) is 2.63. The Morgan fingerprint density at radius 2 is 2.44 bits per heavy atom. The largest absolute Gasteiger partial charge is 0.430 e. The fraction of sp³-hybridized carbons (Fsp3) is 0.455. The summed E-state index contributed by atoms with van der Waals surface area (Å²) in [6, 6.07) is 3.06. The minimum atomic E-state index is -0.450. The van der Waals surface area contributed by atoms with Crippen LogP contribution in [0.5, 0.6) is 0 Å². The Morgan fingerprint density at radius 3 is 3.06 bits per heavy atom. The molecule has 1 aromatic heterocycles. The molecule has 5 heteroatoms. The van der Waals surface area contributed by atoms with Crippen LogP contribution in [0.1, 0.15) is 23.2 Å². The summed E-state index contributed by atoms with van der Waals surface area (Å²) in [6.07, 6.45) is 3.42. The monoisotopic (exact) mass is 222 g/mol. The highest BCUT2D eigenvalue weighted by Crippen LogP contribution is 2.03. The molecule has 86 valence electrons. The van der Waals surface area contributed by atoms with Crippen molar-refractivity contribution < 1.29 is 9.21 Å². The molecule has 0 saturated carbocycles. The van der Waals surface area contributed by atoms with Crippen molar-refractivity contribution in [3.63, 3.8) is 0 Å². The molecule has 0 bridgehead atoms. The molecule has 1 atom stereocenters. The van der Waals surface area contributed by atoms with Crippen molar-refractivity contribution in [2.45, 2.75) is 18.9 Å². The van der Waals surface area contributed by atoms with Crippen LogP contribution in [0.3, 0.4) is 0 Å². The van der Waals surface area contributed by atoms with Gasteiger partial charge in [-0.2, -0.15) is 0 Å². The highest BCUT2D eigenvalue weighted by molar-refractivity contribution is 5.93. The second-order valence-electron chi connectivity index (χ2n) is 3.85. The molecule has 1 saturated heterocycles. The van der Waals surface area contributed by atoms with Gasteiger partial charge < -0.3 is 15.1 Å². The van der Waals surface area contributed by atoms with Crippen LogP contribution in [-0.4, -0.2) is 25.0 Å². The van der Waals surface area contributed by atoms with E-state index in [4.69, 9.17) is 0 Å². The Bertz CT molecular complexity index is 401. The van der Waals surface area contributed by atoms with Gasteiger partial charge in [0.25, 0.3) is 5.91 Å². The summed E-state index contributed by atoms with van der Waals surface area (Å²) in [6.45, 7) is 1.62. The molecule has 1 aromatic rings. The summed E-state index contributed by atoms with van der Waals surface area (Å²) in [5.41, 5.74) is -0.0772. The summed E-state index contributed by atoms with van der Waals surface area (Å²) >= 11 is 0. The third-order valence-electron chi connectivity index (χ3n) is 2.63. The van der Waals surface area contributed by atoms with Gasteiger partial charge in [0, 0.05) is 18.7 Å². The van der Waals surface area contributed by atoms with Crippen LogP contribution in [0.25, 0.3) is 0 Å². The standard InChI is InChI=1S/C11H14N2O3/c14-10-4-3-8(7-16-10)11(15)13-6-9-2-1-5-12-9/h3-4,7,9,12H,1-2,5-6H2,(H,13,15). The third kappa shape index (κ3) is 2.70. The molecule has 0 aromatic carbocycles. The maximum absolute atomic E-state index is 11.6. The number of carbonyl (C=O) groups is 1. The van der Waals surface area contributed by atoms with Crippen LogP contribution in [-0.2, 0) is 0 Å². The van der Waals surface area contributed by atoms with E-state index in [1.165, 1.54) is 18.4 Å². The highest BCUT2D eigenvalue weighted by Gasteiger charge is 2.15. The van der Waals surface area contributed by atoms with Crippen molar-refractivity contribution in [2.75, 3.05) is 13.1 Å². The number of carbonyl (C=O) groups excluding carboxylic acids is 1. The lowest BCUT2D eigenvalue weighted by Crippen LogP contribution is -2.37. The van der Waals surface area contributed by atoms with E-state index >= 15 is 0 Å². The Hall–Kier alpha value is -1.62. The van der Waals surface area contributed by atoms with Crippen LogP contribution >= 0.6 is 0 Å². The smallest absolute Gasteiger partial charge is 0.335 e. The van der Waals surface area contributed by atoms with Gasteiger partial charge in [-0.25, -0.2) is 4.79 Å². The topological polar surface area (TPSA) is 71.3 Å². The van der Waals surface area contributed by atoms with Gasteiger partial charge in [0.05, 0.1) is 5.56 Å². The molecule has 1 amide bonds. The average Bonchev–Trinajstić information content (AvgIpc) is 2.80. The van der Waals surface area contributed by atoms with Crippen molar-refractivity contribution in [3.05, 3.63) is 34.4 Å². The lowest BCUT2D eigenvalue weighted by atomic mass is 10.2. The Balaban J connectivity index is 1.87. The molecule has 1 fully saturated rings. The van der Waals surface area contributed by atoms with E-state index in [-0.39, 0.29) is 5.91 Å². The normalized spacial score (nSPS) is 19.6. The molecule has 1 aliphatic heterocycles. The molecule has 5 nitrogen and oxygen atoms in total. The zero-order valence-electron chi connectivity index (χ0n) is 8.86. The fourth-order valence-electron chi connectivity index (χ4n) is 1.74. The lowest BCUT2D eigenvalue weighted by molar-refractivity contribution is 0.0948. The van der Waals surface area contributed by atoms with E-state index in [1.54, 1.807) is 0 Å². The van der Waals surface area contributed by atoms with Crippen LogP contribution in [0.4, 0.5) is 0 Å². The molecule has 0 spiro atoms. The number of rotatable bonds is 3. The second kappa shape index (κ2) is 4.94. The van der Waals surface area contributed by atoms with Crippen LogP contribution in [0.2, 0.25) is 0 Å². The predicted molar refractivity (Wildman–Crippen MR) is 58.3 cm³/mol. The lowest BCUT2D eigenvalue weighted by Gasteiger charge is -2.10. The SMILES string of the molecule is O=C(NCC1CCCN1)c1ccc(=O)oc1. The number of hydrogen-bond donors (Lipinski definition) is 2. The van der Waals surface area contributed by atoms with E-state index in [9.17, 15) is 9.59 Å².